The fourth-order valence-electron chi connectivity index (χ4n) is 5.96. The molecule has 0 N–H and O–H groups in total. The Morgan fingerprint density at radius 3 is 1.41 bits per heavy atom. The summed E-state index contributed by atoms with van der Waals surface area (Å²) in [5.41, 5.74) is 2.16. The van der Waals surface area contributed by atoms with Crippen LogP contribution in [0.3, 0.4) is 0 Å². The zero-order valence-electron chi connectivity index (χ0n) is 18.2. The zero-order valence-corrected chi connectivity index (χ0v) is 19.1. The molecular weight excluding hydrogens is 343 g/mol. The summed E-state index contributed by atoms with van der Waals surface area (Å²) in [7, 11) is 0.136. The van der Waals surface area contributed by atoms with Gasteiger partial charge in [0.1, 0.15) is 0 Å². The highest BCUT2D eigenvalue weighted by Gasteiger charge is 2.31. The molecule has 0 unspecified atom stereocenters. The minimum Gasteiger partial charge on any atom is -0.0808 e. The molecule has 0 heterocycles. The minimum atomic E-state index is 0.136. The van der Waals surface area contributed by atoms with E-state index in [-0.39, 0.29) is 7.92 Å². The SMILES string of the molecule is C1=C(P(C2CCCCCCCC2)C2CCCCCCCC2)CCCCCC1. The van der Waals surface area contributed by atoms with Crippen LogP contribution in [0.4, 0.5) is 0 Å². The summed E-state index contributed by atoms with van der Waals surface area (Å²) < 4.78 is 0. The predicted molar refractivity (Wildman–Crippen MR) is 124 cm³/mol. The van der Waals surface area contributed by atoms with Crippen LogP contribution in [0.2, 0.25) is 0 Å². The van der Waals surface area contributed by atoms with Gasteiger partial charge in [0, 0.05) is 0 Å². The maximum Gasteiger partial charge on any atom is -0.0170 e. The van der Waals surface area contributed by atoms with Gasteiger partial charge in [-0.25, -0.2) is 0 Å². The quantitative estimate of drug-likeness (QED) is 0.421. The standard InChI is InChI=1S/C26H47P/c1-2-7-13-19-24(18-12-6-1)27(26-22-16-10-5-11-17-23-26)25-20-14-8-3-4-9-15-21-25/h22,24-25H,1-21,23H2. The van der Waals surface area contributed by atoms with Crippen LogP contribution in [0.5, 0.6) is 0 Å². The van der Waals surface area contributed by atoms with Gasteiger partial charge in [-0.2, -0.15) is 0 Å². The van der Waals surface area contributed by atoms with E-state index in [2.05, 4.69) is 6.08 Å². The van der Waals surface area contributed by atoms with Crippen molar-refractivity contribution < 1.29 is 0 Å². The molecule has 0 saturated heterocycles. The summed E-state index contributed by atoms with van der Waals surface area (Å²) >= 11 is 0. The van der Waals surface area contributed by atoms with Crippen molar-refractivity contribution in [2.24, 2.45) is 0 Å². The maximum atomic E-state index is 2.80. The summed E-state index contributed by atoms with van der Waals surface area (Å²) in [5, 5.41) is 2.01. The Hall–Kier alpha value is 0.170. The molecule has 0 aromatic heterocycles. The summed E-state index contributed by atoms with van der Waals surface area (Å²) in [5.74, 6) is 0. The van der Waals surface area contributed by atoms with E-state index in [1.165, 1.54) is 116 Å². The fourth-order valence-corrected chi connectivity index (χ4v) is 10.1. The Balaban J connectivity index is 1.78. The van der Waals surface area contributed by atoms with Gasteiger partial charge in [-0.1, -0.05) is 104 Å². The number of hydrogen-bond acceptors (Lipinski definition) is 0. The molecule has 0 aromatic carbocycles. The van der Waals surface area contributed by atoms with Crippen LogP contribution in [0.1, 0.15) is 141 Å². The first-order chi connectivity index (χ1) is 13.4. The first-order valence-corrected chi connectivity index (χ1v) is 14.4. The smallest absolute Gasteiger partial charge is 0.0170 e. The van der Waals surface area contributed by atoms with Gasteiger partial charge in [0.2, 0.25) is 0 Å². The third-order valence-electron chi connectivity index (χ3n) is 7.53. The van der Waals surface area contributed by atoms with Crippen LogP contribution in [-0.4, -0.2) is 11.3 Å². The molecule has 3 aliphatic rings. The van der Waals surface area contributed by atoms with Gasteiger partial charge in [0.25, 0.3) is 0 Å². The van der Waals surface area contributed by atoms with E-state index in [0.29, 0.717) is 0 Å². The normalized spacial score (nSPS) is 26.5. The second-order valence-electron chi connectivity index (χ2n) is 9.76. The van der Waals surface area contributed by atoms with E-state index in [1.54, 1.807) is 25.7 Å². The molecule has 0 radical (unpaired) electrons. The maximum absolute atomic E-state index is 2.80. The molecule has 0 atom stereocenters. The molecule has 27 heavy (non-hydrogen) atoms. The van der Waals surface area contributed by atoms with Crippen LogP contribution in [0, 0.1) is 0 Å². The van der Waals surface area contributed by atoms with E-state index in [9.17, 15) is 0 Å². The van der Waals surface area contributed by atoms with E-state index < -0.39 is 0 Å². The Morgan fingerprint density at radius 1 is 0.481 bits per heavy atom. The molecule has 2 saturated carbocycles. The Labute approximate surface area is 172 Å². The molecule has 0 amide bonds. The lowest BCUT2D eigenvalue weighted by Crippen LogP contribution is -2.18. The van der Waals surface area contributed by atoms with Crippen molar-refractivity contribution in [1.82, 2.24) is 0 Å². The summed E-state index contributed by atoms with van der Waals surface area (Å²) in [6, 6.07) is 0. The molecule has 0 nitrogen and oxygen atoms in total. The molecule has 0 aromatic rings. The Bertz CT molecular complexity index is 368. The molecule has 1 heteroatoms. The van der Waals surface area contributed by atoms with Gasteiger partial charge >= 0.3 is 0 Å². The fraction of sp³-hybridized carbons (Fsp3) is 0.923. The van der Waals surface area contributed by atoms with Crippen molar-refractivity contribution in [2.75, 3.05) is 0 Å². The second kappa shape index (κ2) is 13.4. The van der Waals surface area contributed by atoms with Crippen molar-refractivity contribution in [3.05, 3.63) is 11.4 Å². The van der Waals surface area contributed by atoms with Crippen LogP contribution in [0.15, 0.2) is 11.4 Å². The average Bonchev–Trinajstić information content (AvgIpc) is 2.87. The monoisotopic (exact) mass is 390 g/mol. The van der Waals surface area contributed by atoms with E-state index in [0.717, 1.165) is 11.3 Å². The lowest BCUT2D eigenvalue weighted by atomic mass is 10.1. The van der Waals surface area contributed by atoms with Crippen LogP contribution < -0.4 is 0 Å². The van der Waals surface area contributed by atoms with E-state index in [1.807, 2.05) is 5.31 Å². The van der Waals surface area contributed by atoms with Crippen LogP contribution >= 0.6 is 7.92 Å². The second-order valence-corrected chi connectivity index (χ2v) is 12.6. The number of hydrogen-bond donors (Lipinski definition) is 0. The average molecular weight is 391 g/mol. The van der Waals surface area contributed by atoms with Crippen LogP contribution in [0.25, 0.3) is 0 Å². The summed E-state index contributed by atoms with van der Waals surface area (Å²) in [6.45, 7) is 0. The largest absolute Gasteiger partial charge is 0.0808 e. The van der Waals surface area contributed by atoms with Gasteiger partial charge in [-0.05, 0) is 68.0 Å². The molecular formula is C26H47P. The first kappa shape index (κ1) is 21.9. The van der Waals surface area contributed by atoms with Crippen molar-refractivity contribution in [2.45, 2.75) is 153 Å². The lowest BCUT2D eigenvalue weighted by molar-refractivity contribution is 0.592. The van der Waals surface area contributed by atoms with E-state index in [4.69, 9.17) is 0 Å². The highest BCUT2D eigenvalue weighted by molar-refractivity contribution is 7.63. The van der Waals surface area contributed by atoms with Gasteiger partial charge in [-0.3, -0.25) is 0 Å². The van der Waals surface area contributed by atoms with Gasteiger partial charge in [-0.15, -0.1) is 0 Å². The Kier molecular flexibility index (Phi) is 10.9. The number of rotatable bonds is 3. The molecule has 2 fully saturated rings. The van der Waals surface area contributed by atoms with Crippen molar-refractivity contribution in [1.29, 1.82) is 0 Å². The molecule has 3 aliphatic carbocycles. The topological polar surface area (TPSA) is 0 Å². The molecule has 0 aliphatic heterocycles. The highest BCUT2D eigenvalue weighted by atomic mass is 31.1. The lowest BCUT2D eigenvalue weighted by Gasteiger charge is -2.37. The van der Waals surface area contributed by atoms with Crippen molar-refractivity contribution in [3.63, 3.8) is 0 Å². The van der Waals surface area contributed by atoms with Crippen LogP contribution in [-0.2, 0) is 0 Å². The third-order valence-corrected chi connectivity index (χ3v) is 11.2. The molecule has 3 rings (SSSR count). The first-order valence-electron chi connectivity index (χ1n) is 12.9. The zero-order chi connectivity index (χ0) is 18.6. The third kappa shape index (κ3) is 7.84. The molecule has 156 valence electrons. The molecule has 0 spiro atoms. The minimum absolute atomic E-state index is 0.136. The highest BCUT2D eigenvalue weighted by Crippen LogP contribution is 2.61. The summed E-state index contributed by atoms with van der Waals surface area (Å²) in [6.07, 6.45) is 36.1. The van der Waals surface area contributed by atoms with E-state index >= 15 is 0 Å². The van der Waals surface area contributed by atoms with Gasteiger partial charge < -0.3 is 0 Å². The predicted octanol–water partition coefficient (Wildman–Crippen LogP) is 9.71. The van der Waals surface area contributed by atoms with Crippen molar-refractivity contribution in [3.8, 4) is 0 Å². The van der Waals surface area contributed by atoms with Crippen molar-refractivity contribution >= 4 is 7.92 Å². The van der Waals surface area contributed by atoms with Gasteiger partial charge in [0.15, 0.2) is 0 Å². The van der Waals surface area contributed by atoms with Gasteiger partial charge in [0.05, 0.1) is 0 Å². The summed E-state index contributed by atoms with van der Waals surface area (Å²) in [4.78, 5) is 0. The number of allylic oxidation sites excluding steroid dienone is 2. The Morgan fingerprint density at radius 2 is 0.889 bits per heavy atom. The molecule has 0 bridgehead atoms.